The summed E-state index contributed by atoms with van der Waals surface area (Å²) in [5.74, 6) is 0. The van der Waals surface area contributed by atoms with Crippen LogP contribution in [0.5, 0.6) is 0 Å². The molecule has 0 aliphatic carbocycles. The highest BCUT2D eigenvalue weighted by molar-refractivity contribution is 5.69. The highest BCUT2D eigenvalue weighted by atomic mass is 14.5. The fraction of sp³-hybridized carbons (Fsp3) is 0.154. The van der Waals surface area contributed by atoms with Gasteiger partial charge in [0, 0.05) is 6.92 Å². The van der Waals surface area contributed by atoms with E-state index in [0.29, 0.717) is 0 Å². The molecule has 0 aliphatic rings. The SMILES string of the molecule is C(=Cc1ccc(CCc2ccccc2)cc1)c1ccccc1.CC#N.[C-]#[N+]C. The van der Waals surface area contributed by atoms with E-state index in [2.05, 4.69) is 95.9 Å². The van der Waals surface area contributed by atoms with Gasteiger partial charge in [-0.25, -0.2) is 6.57 Å². The predicted octanol–water partition coefficient (Wildman–Crippen LogP) is 6.71. The van der Waals surface area contributed by atoms with Gasteiger partial charge in [0.25, 0.3) is 0 Å². The summed E-state index contributed by atoms with van der Waals surface area (Å²) in [5.41, 5.74) is 5.26. The van der Waals surface area contributed by atoms with E-state index in [1.807, 2.05) is 6.07 Å². The lowest BCUT2D eigenvalue weighted by Gasteiger charge is -2.03. The van der Waals surface area contributed by atoms with Crippen molar-refractivity contribution >= 4 is 12.2 Å². The van der Waals surface area contributed by atoms with Crippen LogP contribution in [0.4, 0.5) is 0 Å². The Hall–Kier alpha value is -3.62. The van der Waals surface area contributed by atoms with E-state index in [9.17, 15) is 0 Å². The Morgan fingerprint density at radius 2 is 1.11 bits per heavy atom. The summed E-state index contributed by atoms with van der Waals surface area (Å²) in [4.78, 5) is 2.75. The van der Waals surface area contributed by atoms with E-state index in [1.165, 1.54) is 36.2 Å². The topological polar surface area (TPSA) is 28.1 Å². The summed E-state index contributed by atoms with van der Waals surface area (Å²) in [6.07, 6.45) is 6.50. The largest absolute Gasteiger partial charge is 0.320 e. The molecule has 0 bridgehead atoms. The number of rotatable bonds is 5. The predicted molar refractivity (Wildman–Crippen MR) is 119 cm³/mol. The van der Waals surface area contributed by atoms with Crippen LogP contribution in [-0.4, -0.2) is 7.05 Å². The molecule has 2 nitrogen and oxygen atoms in total. The fourth-order valence-corrected chi connectivity index (χ4v) is 2.49. The molecule has 28 heavy (non-hydrogen) atoms. The summed E-state index contributed by atoms with van der Waals surface area (Å²) in [6, 6.07) is 31.7. The van der Waals surface area contributed by atoms with Gasteiger partial charge in [0.05, 0.1) is 6.07 Å². The summed E-state index contributed by atoms with van der Waals surface area (Å²) < 4.78 is 0. The van der Waals surface area contributed by atoms with Crippen molar-refractivity contribution in [3.63, 3.8) is 0 Å². The second kappa shape index (κ2) is 14.5. The molecule has 0 atom stereocenters. The van der Waals surface area contributed by atoms with Crippen molar-refractivity contribution in [3.8, 4) is 6.07 Å². The van der Waals surface area contributed by atoms with E-state index in [4.69, 9.17) is 11.8 Å². The van der Waals surface area contributed by atoms with Crippen molar-refractivity contribution in [2.45, 2.75) is 19.8 Å². The van der Waals surface area contributed by atoms with E-state index >= 15 is 0 Å². The third-order valence-corrected chi connectivity index (χ3v) is 3.79. The molecule has 0 saturated heterocycles. The van der Waals surface area contributed by atoms with Gasteiger partial charge in [-0.05, 0) is 35.1 Å². The molecular weight excluding hydrogens is 340 g/mol. The fourth-order valence-electron chi connectivity index (χ4n) is 2.49. The van der Waals surface area contributed by atoms with Crippen LogP contribution in [-0.2, 0) is 12.8 Å². The minimum absolute atomic E-state index is 1.09. The standard InChI is InChI=1S/C22H20.2C2H3N/c1-3-7-19(8-4-1)11-13-21-15-17-22(18-16-21)14-12-20-9-5-2-6-10-20;1-3-2;1-2-3/h1-11,13,15-18H,12,14H2;2*1H3. The third kappa shape index (κ3) is 9.76. The van der Waals surface area contributed by atoms with Crippen molar-refractivity contribution < 1.29 is 0 Å². The number of hydrogen-bond donors (Lipinski definition) is 0. The van der Waals surface area contributed by atoms with Crippen molar-refractivity contribution in [2.24, 2.45) is 0 Å². The highest BCUT2D eigenvalue weighted by Crippen LogP contribution is 2.12. The zero-order valence-corrected chi connectivity index (χ0v) is 16.5. The molecule has 0 aliphatic heterocycles. The van der Waals surface area contributed by atoms with Gasteiger partial charge in [-0.1, -0.05) is 97.1 Å². The molecule has 0 heterocycles. The van der Waals surface area contributed by atoms with Crippen molar-refractivity contribution in [1.82, 2.24) is 0 Å². The minimum atomic E-state index is 1.09. The zero-order valence-electron chi connectivity index (χ0n) is 16.5. The first-order valence-electron chi connectivity index (χ1n) is 9.15. The van der Waals surface area contributed by atoms with Gasteiger partial charge in [-0.15, -0.1) is 0 Å². The normalized spacial score (nSPS) is 9.14. The maximum atomic E-state index is 7.32. The van der Waals surface area contributed by atoms with Crippen LogP contribution >= 0.6 is 0 Å². The van der Waals surface area contributed by atoms with Gasteiger partial charge in [0.1, 0.15) is 0 Å². The Bertz CT molecular complexity index is 869. The molecule has 0 N–H and O–H groups in total. The number of hydrogen-bond acceptors (Lipinski definition) is 1. The van der Waals surface area contributed by atoms with Crippen LogP contribution in [0.3, 0.4) is 0 Å². The number of nitrogens with zero attached hydrogens (tertiary/aromatic N) is 2. The first-order chi connectivity index (χ1) is 13.7. The second-order valence-corrected chi connectivity index (χ2v) is 5.92. The van der Waals surface area contributed by atoms with Crippen LogP contribution in [0.15, 0.2) is 84.9 Å². The van der Waals surface area contributed by atoms with E-state index in [0.717, 1.165) is 12.8 Å². The minimum Gasteiger partial charge on any atom is -0.320 e. The summed E-state index contributed by atoms with van der Waals surface area (Å²) in [7, 11) is 1.42. The Balaban J connectivity index is 0.000000582. The van der Waals surface area contributed by atoms with Gasteiger partial charge in [0.15, 0.2) is 0 Å². The molecule has 0 fully saturated rings. The van der Waals surface area contributed by atoms with E-state index < -0.39 is 0 Å². The van der Waals surface area contributed by atoms with Gasteiger partial charge >= 0.3 is 0 Å². The second-order valence-electron chi connectivity index (χ2n) is 5.92. The molecule has 3 aromatic rings. The smallest absolute Gasteiger partial charge is 0.205 e. The highest BCUT2D eigenvalue weighted by Gasteiger charge is 1.95. The zero-order chi connectivity index (χ0) is 20.5. The molecule has 0 saturated carbocycles. The van der Waals surface area contributed by atoms with Crippen molar-refractivity contribution in [1.29, 1.82) is 5.26 Å². The molecular formula is C26H26N2. The number of aryl methyl sites for hydroxylation is 2. The maximum Gasteiger partial charge on any atom is 0.205 e. The van der Waals surface area contributed by atoms with Crippen LogP contribution in [0.1, 0.15) is 29.2 Å². The van der Waals surface area contributed by atoms with Gasteiger partial charge in [-0.2, -0.15) is 5.26 Å². The molecule has 3 rings (SSSR count). The van der Waals surface area contributed by atoms with E-state index in [1.54, 1.807) is 6.07 Å². The maximum absolute atomic E-state index is 7.32. The first-order valence-corrected chi connectivity index (χ1v) is 9.15. The quantitative estimate of drug-likeness (QED) is 0.364. The third-order valence-electron chi connectivity index (χ3n) is 3.79. The number of nitriles is 1. The molecule has 140 valence electrons. The lowest BCUT2D eigenvalue weighted by Crippen LogP contribution is -1.90. The summed E-state index contributed by atoms with van der Waals surface area (Å²) in [5, 5.41) is 7.32. The monoisotopic (exact) mass is 366 g/mol. The van der Waals surface area contributed by atoms with Crippen LogP contribution in [0.2, 0.25) is 0 Å². The van der Waals surface area contributed by atoms with Crippen LogP contribution in [0.25, 0.3) is 17.0 Å². The first kappa shape index (κ1) is 22.4. The lowest BCUT2D eigenvalue weighted by molar-refractivity contribution is 0.960. The van der Waals surface area contributed by atoms with Gasteiger partial charge < -0.3 is 4.85 Å². The average Bonchev–Trinajstić information content (AvgIpc) is 2.74. The van der Waals surface area contributed by atoms with Gasteiger partial charge in [-0.3, -0.25) is 0 Å². The van der Waals surface area contributed by atoms with Crippen LogP contribution < -0.4 is 0 Å². The number of benzene rings is 3. The molecule has 0 amide bonds. The van der Waals surface area contributed by atoms with E-state index in [-0.39, 0.29) is 0 Å². The Morgan fingerprint density at radius 1 is 0.750 bits per heavy atom. The van der Waals surface area contributed by atoms with Gasteiger partial charge in [0.2, 0.25) is 7.05 Å². The molecule has 0 radical (unpaired) electrons. The molecule has 3 aromatic carbocycles. The lowest BCUT2D eigenvalue weighted by atomic mass is 10.0. The Labute approximate surface area is 169 Å². The Kier molecular flexibility index (Phi) is 11.6. The molecule has 0 aromatic heterocycles. The summed E-state index contributed by atoms with van der Waals surface area (Å²) >= 11 is 0. The van der Waals surface area contributed by atoms with Crippen LogP contribution in [0, 0.1) is 17.9 Å². The average molecular weight is 367 g/mol. The summed E-state index contributed by atoms with van der Waals surface area (Å²) in [6.45, 7) is 7.26. The molecule has 0 unspecified atom stereocenters. The molecule has 2 heteroatoms. The van der Waals surface area contributed by atoms with Crippen molar-refractivity contribution in [2.75, 3.05) is 7.05 Å². The molecule has 0 spiro atoms. The van der Waals surface area contributed by atoms with Crippen molar-refractivity contribution in [3.05, 3.63) is 119 Å². The Morgan fingerprint density at radius 3 is 1.57 bits per heavy atom.